The van der Waals surface area contributed by atoms with E-state index in [0.29, 0.717) is 16.6 Å². The fourth-order valence-electron chi connectivity index (χ4n) is 2.51. The topological polar surface area (TPSA) is 0 Å². The van der Waals surface area contributed by atoms with Gasteiger partial charge in [-0.05, 0) is 33.6 Å². The lowest BCUT2D eigenvalue weighted by atomic mass is 10.5. The Morgan fingerprint density at radius 1 is 0.846 bits per heavy atom. The molecule has 0 N–H and O–H groups in total. The summed E-state index contributed by atoms with van der Waals surface area (Å²) in [6.45, 7) is 13.7. The van der Waals surface area contributed by atoms with Crippen molar-refractivity contribution in [2.45, 2.75) is 58.2 Å². The Kier molecular flexibility index (Phi) is 5.10. The molecule has 0 amide bonds. The quantitative estimate of drug-likeness (QED) is 0.485. The Morgan fingerprint density at radius 2 is 1.15 bits per heavy atom. The molecular formula is C11H21ClSi. The van der Waals surface area contributed by atoms with Crippen LogP contribution in [0.25, 0.3) is 0 Å². The van der Waals surface area contributed by atoms with Crippen LogP contribution in [0.5, 0.6) is 0 Å². The van der Waals surface area contributed by atoms with E-state index in [9.17, 15) is 0 Å². The van der Waals surface area contributed by atoms with Gasteiger partial charge in [-0.2, -0.15) is 0 Å². The first kappa shape index (κ1) is 13.1. The first-order chi connectivity index (χ1) is 5.89. The minimum Gasteiger partial charge on any atom is -0.113 e. The van der Waals surface area contributed by atoms with Gasteiger partial charge in [-0.1, -0.05) is 41.5 Å². The van der Waals surface area contributed by atoms with Crippen molar-refractivity contribution in [1.82, 2.24) is 0 Å². The van der Waals surface area contributed by atoms with E-state index >= 15 is 0 Å². The van der Waals surface area contributed by atoms with Gasteiger partial charge >= 0.3 is 0 Å². The minimum absolute atomic E-state index is 0.679. The monoisotopic (exact) mass is 216 g/mol. The van der Waals surface area contributed by atoms with Gasteiger partial charge in [-0.15, -0.1) is 5.54 Å². The maximum Gasteiger partial charge on any atom is 0.147 e. The Balaban J connectivity index is 5.14. The zero-order chi connectivity index (χ0) is 10.6. The molecule has 0 unspecified atom stereocenters. The van der Waals surface area contributed by atoms with E-state index < -0.39 is 8.07 Å². The average Bonchev–Trinajstić information content (AvgIpc) is 1.97. The van der Waals surface area contributed by atoms with E-state index in [1.54, 1.807) is 0 Å². The van der Waals surface area contributed by atoms with Gasteiger partial charge in [0.25, 0.3) is 0 Å². The molecule has 0 aromatic heterocycles. The lowest BCUT2D eigenvalue weighted by Gasteiger charge is -2.37. The summed E-state index contributed by atoms with van der Waals surface area (Å²) in [7, 11) is -1.52. The van der Waals surface area contributed by atoms with Gasteiger partial charge in [0.1, 0.15) is 8.07 Å². The Morgan fingerprint density at radius 3 is 1.23 bits per heavy atom. The number of rotatable bonds is 3. The van der Waals surface area contributed by atoms with Crippen LogP contribution in [0.15, 0.2) is 0 Å². The second kappa shape index (κ2) is 5.07. The summed E-state index contributed by atoms with van der Waals surface area (Å²) in [5.74, 6) is 0. The lowest BCUT2D eigenvalue weighted by molar-refractivity contribution is 0.838. The lowest BCUT2D eigenvalue weighted by Crippen LogP contribution is -2.43. The highest BCUT2D eigenvalue weighted by atomic mass is 35.5. The van der Waals surface area contributed by atoms with Crippen LogP contribution in [0.1, 0.15) is 41.5 Å². The smallest absolute Gasteiger partial charge is 0.113 e. The molecule has 0 rings (SSSR count). The highest BCUT2D eigenvalue weighted by Gasteiger charge is 2.41. The third-order valence-corrected chi connectivity index (χ3v) is 9.67. The molecule has 0 aliphatic carbocycles. The summed E-state index contributed by atoms with van der Waals surface area (Å²) in [4.78, 5) is 0. The van der Waals surface area contributed by atoms with Gasteiger partial charge in [-0.25, -0.2) is 0 Å². The van der Waals surface area contributed by atoms with Gasteiger partial charge in [0.2, 0.25) is 0 Å². The SMILES string of the molecule is CC(C)[Si](C#CCl)(C(C)C)C(C)C. The van der Waals surface area contributed by atoms with Crippen molar-refractivity contribution < 1.29 is 0 Å². The largest absolute Gasteiger partial charge is 0.147 e. The van der Waals surface area contributed by atoms with Crippen molar-refractivity contribution in [1.29, 1.82) is 0 Å². The molecule has 13 heavy (non-hydrogen) atoms. The molecule has 0 spiro atoms. The normalized spacial score (nSPS) is 12.2. The molecule has 76 valence electrons. The van der Waals surface area contributed by atoms with E-state index in [1.165, 1.54) is 0 Å². The van der Waals surface area contributed by atoms with E-state index in [4.69, 9.17) is 11.6 Å². The van der Waals surface area contributed by atoms with Crippen molar-refractivity contribution in [3.05, 3.63) is 0 Å². The summed E-state index contributed by atoms with van der Waals surface area (Å²) in [5.41, 5.74) is 5.39. The fraction of sp³-hybridized carbons (Fsp3) is 0.818. The fourth-order valence-corrected chi connectivity index (χ4v) is 8.04. The first-order valence-corrected chi connectivity index (χ1v) is 7.63. The van der Waals surface area contributed by atoms with Gasteiger partial charge in [0, 0.05) is 0 Å². The van der Waals surface area contributed by atoms with E-state index in [-0.39, 0.29) is 0 Å². The van der Waals surface area contributed by atoms with Crippen LogP contribution >= 0.6 is 11.6 Å². The highest BCUT2D eigenvalue weighted by Crippen LogP contribution is 2.40. The molecule has 0 saturated carbocycles. The first-order valence-electron chi connectivity index (χ1n) is 5.02. The Hall–Kier alpha value is 0.0669. The Bertz CT molecular complexity index is 186. The molecule has 0 heterocycles. The maximum atomic E-state index is 5.59. The Labute approximate surface area is 89.1 Å². The molecular weight excluding hydrogens is 196 g/mol. The molecule has 0 aromatic rings. The highest BCUT2D eigenvalue weighted by molar-refractivity contribution is 6.91. The van der Waals surface area contributed by atoms with Crippen molar-refractivity contribution in [3.8, 4) is 10.9 Å². The predicted molar refractivity (Wildman–Crippen MR) is 64.7 cm³/mol. The van der Waals surface area contributed by atoms with Gasteiger partial charge in [0.05, 0.1) is 0 Å². The third-order valence-electron chi connectivity index (χ3n) is 3.13. The summed E-state index contributed by atoms with van der Waals surface area (Å²) in [5, 5.41) is 2.64. The van der Waals surface area contributed by atoms with Crippen LogP contribution < -0.4 is 0 Å². The second-order valence-electron chi connectivity index (χ2n) is 4.62. The second-order valence-corrected chi connectivity index (χ2v) is 10.4. The molecule has 0 aliphatic rings. The van der Waals surface area contributed by atoms with Crippen molar-refractivity contribution >= 4 is 19.7 Å². The van der Waals surface area contributed by atoms with Gasteiger partial charge in [-0.3, -0.25) is 0 Å². The summed E-state index contributed by atoms with van der Waals surface area (Å²) < 4.78 is 0. The summed E-state index contributed by atoms with van der Waals surface area (Å²) >= 11 is 5.59. The molecule has 2 heteroatoms. The van der Waals surface area contributed by atoms with Crippen LogP contribution in [0.4, 0.5) is 0 Å². The molecule has 0 fully saturated rings. The number of hydrogen-bond donors (Lipinski definition) is 0. The molecule has 0 aliphatic heterocycles. The van der Waals surface area contributed by atoms with Crippen molar-refractivity contribution in [3.63, 3.8) is 0 Å². The molecule has 0 nitrogen and oxygen atoms in total. The molecule has 0 bridgehead atoms. The molecule has 0 aromatic carbocycles. The molecule has 0 radical (unpaired) electrons. The van der Waals surface area contributed by atoms with E-state index in [0.717, 1.165) is 0 Å². The van der Waals surface area contributed by atoms with Crippen LogP contribution in [-0.2, 0) is 0 Å². The predicted octanol–water partition coefficient (Wildman–Crippen LogP) is 4.40. The average molecular weight is 217 g/mol. The molecule has 0 saturated heterocycles. The van der Waals surface area contributed by atoms with E-state index in [1.807, 2.05) is 0 Å². The van der Waals surface area contributed by atoms with Crippen molar-refractivity contribution in [2.24, 2.45) is 0 Å². The van der Waals surface area contributed by atoms with Crippen LogP contribution in [0.3, 0.4) is 0 Å². The standard InChI is InChI=1S/C11H21ClSi/c1-9(2)13(8-7-12,10(3)4)11(5)6/h9-11H,1-6H3. The number of halogens is 1. The van der Waals surface area contributed by atoms with E-state index in [2.05, 4.69) is 52.5 Å². The van der Waals surface area contributed by atoms with Gasteiger partial charge in [0.15, 0.2) is 0 Å². The molecule has 0 atom stereocenters. The van der Waals surface area contributed by atoms with Crippen molar-refractivity contribution in [2.75, 3.05) is 0 Å². The zero-order valence-electron chi connectivity index (χ0n) is 9.61. The number of hydrogen-bond acceptors (Lipinski definition) is 0. The maximum absolute atomic E-state index is 5.59. The zero-order valence-corrected chi connectivity index (χ0v) is 11.4. The van der Waals surface area contributed by atoms with Crippen LogP contribution in [0, 0.1) is 10.9 Å². The van der Waals surface area contributed by atoms with Gasteiger partial charge < -0.3 is 0 Å². The summed E-state index contributed by atoms with van der Waals surface area (Å²) in [6, 6.07) is 0. The summed E-state index contributed by atoms with van der Waals surface area (Å²) in [6.07, 6.45) is 0. The third kappa shape index (κ3) is 2.51. The minimum atomic E-state index is -1.52. The van der Waals surface area contributed by atoms with Crippen LogP contribution in [-0.4, -0.2) is 8.07 Å². The van der Waals surface area contributed by atoms with Crippen LogP contribution in [0.2, 0.25) is 16.6 Å².